The van der Waals surface area contributed by atoms with Gasteiger partial charge in [-0.05, 0) is 36.8 Å². The summed E-state index contributed by atoms with van der Waals surface area (Å²) < 4.78 is 19.6. The van der Waals surface area contributed by atoms with Crippen LogP contribution in [0.2, 0.25) is 0 Å². The number of ether oxygens (including phenoxy) is 1. The lowest BCUT2D eigenvalue weighted by Gasteiger charge is -2.06. The molecule has 0 radical (unpaired) electrons. The maximum Gasteiger partial charge on any atom is 0.338 e. The highest BCUT2D eigenvalue weighted by Crippen LogP contribution is 2.08. The molecule has 0 fully saturated rings. The summed E-state index contributed by atoms with van der Waals surface area (Å²) in [6.07, 6.45) is 1.69. The van der Waals surface area contributed by atoms with Crippen LogP contribution < -0.4 is 5.56 Å². The number of esters is 1. The van der Waals surface area contributed by atoms with Crippen LogP contribution in [0.25, 0.3) is 5.65 Å². The van der Waals surface area contributed by atoms with E-state index < -0.39 is 11.8 Å². The fraction of sp³-hybridized carbons (Fsp3) is 0.118. The maximum atomic E-state index is 13.1. The molecule has 0 aliphatic rings. The molecule has 0 N–H and O–H groups in total. The number of carbonyl (C=O) groups is 1. The number of halogens is 1. The van der Waals surface area contributed by atoms with E-state index in [0.717, 1.165) is 11.6 Å². The first kappa shape index (κ1) is 14.9. The molecule has 0 bridgehead atoms. The number of aromatic nitrogens is 2. The molecule has 5 nitrogen and oxygen atoms in total. The lowest BCUT2D eigenvalue weighted by Crippen LogP contribution is -2.17. The van der Waals surface area contributed by atoms with Crippen LogP contribution in [0, 0.1) is 12.7 Å². The Morgan fingerprint density at radius 3 is 2.87 bits per heavy atom. The molecule has 0 saturated heterocycles. The third-order valence-corrected chi connectivity index (χ3v) is 3.27. The van der Waals surface area contributed by atoms with E-state index in [2.05, 4.69) is 4.98 Å². The molecule has 0 aliphatic heterocycles. The van der Waals surface area contributed by atoms with Crippen LogP contribution in [-0.4, -0.2) is 15.4 Å². The molecule has 116 valence electrons. The van der Waals surface area contributed by atoms with Gasteiger partial charge in [-0.1, -0.05) is 12.1 Å². The van der Waals surface area contributed by atoms with Gasteiger partial charge in [-0.25, -0.2) is 14.2 Å². The predicted molar refractivity (Wildman–Crippen MR) is 81.7 cm³/mol. The van der Waals surface area contributed by atoms with Gasteiger partial charge in [0.1, 0.15) is 18.1 Å². The monoisotopic (exact) mass is 312 g/mol. The molecular weight excluding hydrogens is 299 g/mol. The summed E-state index contributed by atoms with van der Waals surface area (Å²) in [5, 5.41) is 0. The van der Waals surface area contributed by atoms with E-state index in [1.807, 2.05) is 13.0 Å². The van der Waals surface area contributed by atoms with Crippen molar-refractivity contribution >= 4 is 11.6 Å². The van der Waals surface area contributed by atoms with Crippen molar-refractivity contribution in [3.63, 3.8) is 0 Å². The van der Waals surface area contributed by atoms with Crippen LogP contribution >= 0.6 is 0 Å². The van der Waals surface area contributed by atoms with Gasteiger partial charge < -0.3 is 4.74 Å². The van der Waals surface area contributed by atoms with Crippen LogP contribution in [0.1, 0.15) is 21.6 Å². The summed E-state index contributed by atoms with van der Waals surface area (Å²) in [5.74, 6) is -1.19. The van der Waals surface area contributed by atoms with Crippen molar-refractivity contribution in [2.45, 2.75) is 13.5 Å². The zero-order valence-electron chi connectivity index (χ0n) is 12.3. The number of hydrogen-bond donors (Lipinski definition) is 0. The molecule has 3 aromatic rings. The highest BCUT2D eigenvalue weighted by atomic mass is 19.1. The Kier molecular flexibility index (Phi) is 3.89. The minimum Gasteiger partial charge on any atom is -0.456 e. The predicted octanol–water partition coefficient (Wildman–Crippen LogP) is 2.50. The summed E-state index contributed by atoms with van der Waals surface area (Å²) >= 11 is 0. The minimum absolute atomic E-state index is 0.109. The normalized spacial score (nSPS) is 10.7. The first-order valence-corrected chi connectivity index (χ1v) is 6.94. The smallest absolute Gasteiger partial charge is 0.338 e. The van der Waals surface area contributed by atoms with Gasteiger partial charge in [0, 0.05) is 12.3 Å². The lowest BCUT2D eigenvalue weighted by atomic mass is 10.2. The Bertz CT molecular complexity index is 950. The molecule has 6 heteroatoms. The minimum atomic E-state index is -0.671. The van der Waals surface area contributed by atoms with Crippen molar-refractivity contribution in [2.24, 2.45) is 0 Å². The molecule has 1 aromatic carbocycles. The third-order valence-electron chi connectivity index (χ3n) is 3.27. The topological polar surface area (TPSA) is 60.7 Å². The van der Waals surface area contributed by atoms with Gasteiger partial charge in [0.25, 0.3) is 5.56 Å². The molecular formula is C17H13FN2O3. The first-order chi connectivity index (χ1) is 11.0. The Morgan fingerprint density at radius 2 is 2.09 bits per heavy atom. The Morgan fingerprint density at radius 1 is 1.26 bits per heavy atom. The van der Waals surface area contributed by atoms with E-state index in [0.29, 0.717) is 11.3 Å². The second-order valence-electron chi connectivity index (χ2n) is 5.11. The zero-order chi connectivity index (χ0) is 16.4. The van der Waals surface area contributed by atoms with Crippen LogP contribution in [0.4, 0.5) is 4.39 Å². The van der Waals surface area contributed by atoms with Crippen molar-refractivity contribution in [2.75, 3.05) is 0 Å². The van der Waals surface area contributed by atoms with Gasteiger partial charge in [0.05, 0.1) is 11.3 Å². The van der Waals surface area contributed by atoms with Gasteiger partial charge in [-0.2, -0.15) is 0 Å². The largest absolute Gasteiger partial charge is 0.456 e. The molecule has 0 spiro atoms. The molecule has 0 unspecified atom stereocenters. The van der Waals surface area contributed by atoms with Crippen LogP contribution in [-0.2, 0) is 11.3 Å². The highest BCUT2D eigenvalue weighted by molar-refractivity contribution is 5.89. The first-order valence-electron chi connectivity index (χ1n) is 6.94. The van der Waals surface area contributed by atoms with Crippen LogP contribution in [0.3, 0.4) is 0 Å². The SMILES string of the molecule is Cc1ccc2nc(COC(=O)c3cccc(F)c3)cc(=O)n2c1. The molecule has 0 aliphatic carbocycles. The van der Waals surface area contributed by atoms with Gasteiger partial charge in [0.15, 0.2) is 0 Å². The number of aryl methyl sites for hydroxylation is 1. The van der Waals surface area contributed by atoms with Crippen LogP contribution in [0.5, 0.6) is 0 Å². The summed E-state index contributed by atoms with van der Waals surface area (Å²) in [5.41, 5.74) is 1.60. The average molecular weight is 312 g/mol. The van der Waals surface area contributed by atoms with Crippen molar-refractivity contribution < 1.29 is 13.9 Å². The van der Waals surface area contributed by atoms with Crippen molar-refractivity contribution in [3.05, 3.63) is 81.7 Å². The van der Waals surface area contributed by atoms with E-state index in [1.165, 1.54) is 28.7 Å². The lowest BCUT2D eigenvalue weighted by molar-refractivity contribution is 0.0467. The maximum absolute atomic E-state index is 13.1. The van der Waals surface area contributed by atoms with Crippen LogP contribution in [0.15, 0.2) is 53.5 Å². The summed E-state index contributed by atoms with van der Waals surface area (Å²) in [4.78, 5) is 28.2. The van der Waals surface area contributed by atoms with Gasteiger partial charge in [-0.3, -0.25) is 9.20 Å². The zero-order valence-corrected chi connectivity index (χ0v) is 12.3. The molecule has 0 atom stereocenters. The van der Waals surface area contributed by atoms with E-state index >= 15 is 0 Å². The van der Waals surface area contributed by atoms with E-state index in [9.17, 15) is 14.0 Å². The standard InChI is InChI=1S/C17H13FN2O3/c1-11-5-6-15-19-14(8-16(21)20(15)9-11)10-23-17(22)12-3-2-4-13(18)7-12/h2-9H,10H2,1H3. The van der Waals surface area contributed by atoms with Gasteiger partial charge >= 0.3 is 5.97 Å². The van der Waals surface area contributed by atoms with Gasteiger partial charge in [-0.15, -0.1) is 0 Å². The van der Waals surface area contributed by atoms with E-state index in [4.69, 9.17) is 4.74 Å². The van der Waals surface area contributed by atoms with Crippen molar-refractivity contribution in [1.29, 1.82) is 0 Å². The molecule has 3 rings (SSSR count). The quantitative estimate of drug-likeness (QED) is 0.697. The Hall–Kier alpha value is -3.02. The van der Waals surface area contributed by atoms with E-state index in [-0.39, 0.29) is 17.7 Å². The molecule has 0 saturated carbocycles. The summed E-state index contributed by atoms with van der Waals surface area (Å²) in [6, 6.07) is 10.1. The number of pyridine rings is 1. The Balaban J connectivity index is 1.81. The van der Waals surface area contributed by atoms with Crippen molar-refractivity contribution in [1.82, 2.24) is 9.38 Å². The molecule has 2 heterocycles. The fourth-order valence-corrected chi connectivity index (χ4v) is 2.17. The number of hydrogen-bond acceptors (Lipinski definition) is 4. The van der Waals surface area contributed by atoms with Crippen molar-refractivity contribution in [3.8, 4) is 0 Å². The molecule has 0 amide bonds. The number of fused-ring (bicyclic) bond motifs is 1. The number of carbonyl (C=O) groups excluding carboxylic acids is 1. The number of benzene rings is 1. The number of rotatable bonds is 3. The number of nitrogens with zero attached hydrogens (tertiary/aromatic N) is 2. The summed E-state index contributed by atoms with van der Waals surface area (Å²) in [7, 11) is 0. The molecule has 2 aromatic heterocycles. The summed E-state index contributed by atoms with van der Waals surface area (Å²) in [6.45, 7) is 1.72. The van der Waals surface area contributed by atoms with Gasteiger partial charge in [0.2, 0.25) is 0 Å². The third kappa shape index (κ3) is 3.26. The fourth-order valence-electron chi connectivity index (χ4n) is 2.17. The molecule has 23 heavy (non-hydrogen) atoms. The average Bonchev–Trinajstić information content (AvgIpc) is 2.53. The second-order valence-corrected chi connectivity index (χ2v) is 5.11. The highest BCUT2D eigenvalue weighted by Gasteiger charge is 2.10. The second kappa shape index (κ2) is 6.00. The Labute approximate surface area is 131 Å². The van der Waals surface area contributed by atoms with E-state index in [1.54, 1.807) is 12.3 Å².